The molecule has 1 atom stereocenters. The van der Waals surface area contributed by atoms with Crippen LogP contribution < -0.4 is 10.8 Å². The molecule has 0 aromatic heterocycles. The summed E-state index contributed by atoms with van der Waals surface area (Å²) in [7, 11) is 0. The molecule has 0 saturated heterocycles. The van der Waals surface area contributed by atoms with Gasteiger partial charge in [0.25, 0.3) is 5.91 Å². The van der Waals surface area contributed by atoms with Crippen molar-refractivity contribution in [1.29, 1.82) is 0 Å². The van der Waals surface area contributed by atoms with E-state index in [4.69, 9.17) is 5.21 Å². The van der Waals surface area contributed by atoms with E-state index >= 15 is 0 Å². The number of carbonyl (C=O) groups excluding carboxylic acids is 1. The van der Waals surface area contributed by atoms with Gasteiger partial charge in [-0.1, -0.05) is 84.9 Å². The molecule has 0 aliphatic carbocycles. The molecule has 1 unspecified atom stereocenters. The van der Waals surface area contributed by atoms with Crippen LogP contribution in [0, 0.1) is 0 Å². The number of hydrogen-bond acceptors (Lipinski definition) is 3. The van der Waals surface area contributed by atoms with Crippen LogP contribution in [0.15, 0.2) is 91.0 Å². The molecule has 0 radical (unpaired) electrons. The molecule has 27 heavy (non-hydrogen) atoms. The van der Waals surface area contributed by atoms with Crippen molar-refractivity contribution in [2.24, 2.45) is 0 Å². The third kappa shape index (κ3) is 5.06. The number of anilines is 1. The molecule has 1 amide bonds. The van der Waals surface area contributed by atoms with Crippen LogP contribution in [0.2, 0.25) is 0 Å². The van der Waals surface area contributed by atoms with Crippen LogP contribution in [0.25, 0.3) is 6.08 Å². The Bertz CT molecular complexity index is 875. The van der Waals surface area contributed by atoms with Gasteiger partial charge in [0.15, 0.2) is 0 Å². The standard InChI is InChI=1S/C23H22N2O2/c26-23(25-27)22(19-11-5-2-6-12-19)20-13-15-21(16-14-20)24-17-7-10-18-8-3-1-4-9-18/h1-16,22,24,27H,17H2,(H,25,26)/b10-7+. The van der Waals surface area contributed by atoms with Crippen LogP contribution in [0.3, 0.4) is 0 Å². The zero-order valence-electron chi connectivity index (χ0n) is 14.9. The molecular weight excluding hydrogens is 336 g/mol. The van der Waals surface area contributed by atoms with Crippen LogP contribution >= 0.6 is 0 Å². The fourth-order valence-electron chi connectivity index (χ4n) is 2.93. The average molecular weight is 358 g/mol. The van der Waals surface area contributed by atoms with E-state index in [-0.39, 0.29) is 0 Å². The Kier molecular flexibility index (Phi) is 6.39. The molecule has 4 nitrogen and oxygen atoms in total. The van der Waals surface area contributed by atoms with Crippen LogP contribution in [0.1, 0.15) is 22.6 Å². The topological polar surface area (TPSA) is 61.4 Å². The number of hydrogen-bond donors (Lipinski definition) is 3. The molecular formula is C23H22N2O2. The number of benzene rings is 3. The lowest BCUT2D eigenvalue weighted by Crippen LogP contribution is -2.27. The van der Waals surface area contributed by atoms with E-state index in [1.165, 1.54) is 0 Å². The summed E-state index contributed by atoms with van der Waals surface area (Å²) in [6.45, 7) is 0.702. The van der Waals surface area contributed by atoms with Crippen molar-refractivity contribution in [1.82, 2.24) is 5.48 Å². The van der Waals surface area contributed by atoms with E-state index in [9.17, 15) is 4.79 Å². The van der Waals surface area contributed by atoms with Crippen molar-refractivity contribution >= 4 is 17.7 Å². The van der Waals surface area contributed by atoms with Gasteiger partial charge in [0.1, 0.15) is 0 Å². The molecule has 3 N–H and O–H groups in total. The molecule has 136 valence electrons. The maximum Gasteiger partial charge on any atom is 0.255 e. The Morgan fingerprint density at radius 2 is 1.44 bits per heavy atom. The smallest absolute Gasteiger partial charge is 0.255 e. The van der Waals surface area contributed by atoms with Gasteiger partial charge in [0.2, 0.25) is 0 Å². The van der Waals surface area contributed by atoms with Crippen molar-refractivity contribution in [3.8, 4) is 0 Å². The minimum absolute atomic E-state index is 0.451. The minimum Gasteiger partial charge on any atom is -0.382 e. The maximum absolute atomic E-state index is 12.2. The number of amides is 1. The molecule has 0 heterocycles. The molecule has 0 fully saturated rings. The van der Waals surface area contributed by atoms with Gasteiger partial charge in [-0.05, 0) is 28.8 Å². The monoisotopic (exact) mass is 358 g/mol. The Morgan fingerprint density at radius 3 is 2.07 bits per heavy atom. The first-order chi connectivity index (χ1) is 13.3. The lowest BCUT2D eigenvalue weighted by Gasteiger charge is -2.16. The predicted octanol–water partition coefficient (Wildman–Crippen LogP) is 4.45. The second kappa shape index (κ2) is 9.36. The van der Waals surface area contributed by atoms with Gasteiger partial charge < -0.3 is 5.32 Å². The summed E-state index contributed by atoms with van der Waals surface area (Å²) in [6.07, 6.45) is 4.13. The van der Waals surface area contributed by atoms with E-state index in [2.05, 4.69) is 29.6 Å². The number of hydroxylamine groups is 1. The fourth-order valence-corrected chi connectivity index (χ4v) is 2.93. The molecule has 0 aliphatic heterocycles. The second-order valence-corrected chi connectivity index (χ2v) is 6.14. The zero-order chi connectivity index (χ0) is 18.9. The van der Waals surface area contributed by atoms with E-state index in [0.29, 0.717) is 6.54 Å². The molecule has 0 bridgehead atoms. The molecule has 3 aromatic rings. The summed E-state index contributed by atoms with van der Waals surface area (Å²) in [5.74, 6) is -1.00. The van der Waals surface area contributed by atoms with Crippen molar-refractivity contribution < 1.29 is 10.0 Å². The Labute approximate surface area is 159 Å². The summed E-state index contributed by atoms with van der Waals surface area (Å²) in [5, 5.41) is 12.4. The molecule has 0 saturated carbocycles. The highest BCUT2D eigenvalue weighted by molar-refractivity contribution is 5.86. The van der Waals surface area contributed by atoms with Crippen molar-refractivity contribution in [3.63, 3.8) is 0 Å². The van der Waals surface area contributed by atoms with Gasteiger partial charge in [-0.2, -0.15) is 0 Å². The minimum atomic E-state index is -0.553. The van der Waals surface area contributed by atoms with Crippen molar-refractivity contribution in [3.05, 3.63) is 108 Å². The quantitative estimate of drug-likeness (QED) is 0.432. The predicted molar refractivity (Wildman–Crippen MR) is 109 cm³/mol. The van der Waals surface area contributed by atoms with E-state index in [0.717, 1.165) is 22.4 Å². The van der Waals surface area contributed by atoms with Crippen LogP contribution in [0.5, 0.6) is 0 Å². The van der Waals surface area contributed by atoms with E-state index < -0.39 is 11.8 Å². The molecule has 4 heteroatoms. The molecule has 0 aliphatic rings. The van der Waals surface area contributed by atoms with Gasteiger partial charge in [-0.3, -0.25) is 10.0 Å². The summed E-state index contributed by atoms with van der Waals surface area (Å²) in [6, 6.07) is 27.2. The highest BCUT2D eigenvalue weighted by atomic mass is 16.5. The van der Waals surface area contributed by atoms with Crippen LogP contribution in [0.4, 0.5) is 5.69 Å². The zero-order valence-corrected chi connectivity index (χ0v) is 14.9. The fraction of sp³-hybridized carbons (Fsp3) is 0.0870. The maximum atomic E-state index is 12.2. The molecule has 0 spiro atoms. The normalized spacial score (nSPS) is 11.9. The summed E-state index contributed by atoms with van der Waals surface area (Å²) in [4.78, 5) is 12.2. The Hall–Kier alpha value is -3.37. The van der Waals surface area contributed by atoms with Crippen molar-refractivity contribution in [2.75, 3.05) is 11.9 Å². The third-order valence-electron chi connectivity index (χ3n) is 4.28. The van der Waals surface area contributed by atoms with E-state index in [1.54, 1.807) is 5.48 Å². The highest BCUT2D eigenvalue weighted by Gasteiger charge is 2.22. The molecule has 3 aromatic carbocycles. The average Bonchev–Trinajstić information content (AvgIpc) is 2.74. The number of carbonyl (C=O) groups is 1. The summed E-state index contributed by atoms with van der Waals surface area (Å²) < 4.78 is 0. The summed E-state index contributed by atoms with van der Waals surface area (Å²) in [5.41, 5.74) is 5.55. The highest BCUT2D eigenvalue weighted by Crippen LogP contribution is 2.26. The van der Waals surface area contributed by atoms with Gasteiger partial charge >= 0.3 is 0 Å². The van der Waals surface area contributed by atoms with Crippen molar-refractivity contribution in [2.45, 2.75) is 5.92 Å². The first-order valence-corrected chi connectivity index (χ1v) is 8.82. The van der Waals surface area contributed by atoms with Gasteiger partial charge in [-0.25, -0.2) is 5.48 Å². The number of rotatable bonds is 7. The van der Waals surface area contributed by atoms with Crippen LogP contribution in [-0.4, -0.2) is 17.7 Å². The SMILES string of the molecule is O=C(NO)C(c1ccccc1)c1ccc(NC/C=C/c2ccccc2)cc1. The first-order valence-electron chi connectivity index (χ1n) is 8.82. The Morgan fingerprint density at radius 1 is 0.852 bits per heavy atom. The summed E-state index contributed by atoms with van der Waals surface area (Å²) >= 11 is 0. The molecule has 3 rings (SSSR count). The number of nitrogens with one attached hydrogen (secondary N) is 2. The second-order valence-electron chi connectivity index (χ2n) is 6.14. The van der Waals surface area contributed by atoms with Gasteiger partial charge in [0.05, 0.1) is 5.92 Å². The Balaban J connectivity index is 1.66. The van der Waals surface area contributed by atoms with Gasteiger partial charge in [0, 0.05) is 12.2 Å². The van der Waals surface area contributed by atoms with Crippen LogP contribution in [-0.2, 0) is 4.79 Å². The first kappa shape index (κ1) is 18.4. The lowest BCUT2D eigenvalue weighted by molar-refractivity contribution is -0.129. The van der Waals surface area contributed by atoms with E-state index in [1.807, 2.05) is 72.8 Å². The third-order valence-corrected chi connectivity index (χ3v) is 4.28. The largest absolute Gasteiger partial charge is 0.382 e. The van der Waals surface area contributed by atoms with Gasteiger partial charge in [-0.15, -0.1) is 0 Å². The lowest BCUT2D eigenvalue weighted by atomic mass is 9.90.